The molecule has 0 radical (unpaired) electrons. The van der Waals surface area contributed by atoms with Gasteiger partial charge >= 0.3 is 5.97 Å². The van der Waals surface area contributed by atoms with Crippen LogP contribution in [0.15, 0.2) is 36.4 Å². The molecule has 0 saturated heterocycles. The molecule has 26 heavy (non-hydrogen) atoms. The van der Waals surface area contributed by atoms with Gasteiger partial charge in [0.2, 0.25) is 0 Å². The largest absolute Gasteiger partial charge is 0.497 e. The normalized spacial score (nSPS) is 12.7. The zero-order chi connectivity index (χ0) is 19.2. The number of carbonyl (C=O) groups excluding carboxylic acids is 1. The summed E-state index contributed by atoms with van der Waals surface area (Å²) in [4.78, 5) is 12.2. The van der Waals surface area contributed by atoms with Crippen molar-refractivity contribution in [2.75, 3.05) is 26.6 Å². The van der Waals surface area contributed by atoms with Crippen LogP contribution in [-0.4, -0.2) is 41.0 Å². The number of methoxy groups -OCH3 is 1. The predicted octanol–water partition coefficient (Wildman–Crippen LogP) is 3.25. The SMILES string of the molecule is COc1ccc2cc([C@H](C)C(=O)OCCCCOS(C)(=O)=O)ccc2c1. The zero-order valence-corrected chi connectivity index (χ0v) is 16.0. The Hall–Kier alpha value is -2.12. The molecule has 0 unspecified atom stereocenters. The van der Waals surface area contributed by atoms with Crippen molar-refractivity contribution in [2.45, 2.75) is 25.7 Å². The van der Waals surface area contributed by atoms with Gasteiger partial charge in [0.1, 0.15) is 5.75 Å². The highest BCUT2D eigenvalue weighted by atomic mass is 32.2. The molecule has 0 spiro atoms. The lowest BCUT2D eigenvalue weighted by Gasteiger charge is -2.13. The van der Waals surface area contributed by atoms with Crippen molar-refractivity contribution in [1.82, 2.24) is 0 Å². The standard InChI is InChI=1S/C19H24O6S/c1-14(19(20)24-10-4-5-11-25-26(3,21)22)15-6-7-17-13-18(23-2)9-8-16(17)12-15/h6-9,12-14H,4-5,10-11H2,1-3H3/t14-/m0/s1. The minimum absolute atomic E-state index is 0.0973. The minimum atomic E-state index is -3.42. The molecule has 0 heterocycles. The third kappa shape index (κ3) is 6.00. The van der Waals surface area contributed by atoms with E-state index in [9.17, 15) is 13.2 Å². The fourth-order valence-electron chi connectivity index (χ4n) is 2.49. The van der Waals surface area contributed by atoms with E-state index in [1.807, 2.05) is 36.4 Å². The molecule has 0 aliphatic carbocycles. The summed E-state index contributed by atoms with van der Waals surface area (Å²) >= 11 is 0. The summed E-state index contributed by atoms with van der Waals surface area (Å²) in [5.74, 6) is 0.105. The van der Waals surface area contributed by atoms with Crippen LogP contribution in [0, 0.1) is 0 Å². The Morgan fingerprint density at radius 2 is 1.69 bits per heavy atom. The van der Waals surface area contributed by atoms with Gasteiger partial charge < -0.3 is 9.47 Å². The molecule has 7 heteroatoms. The van der Waals surface area contributed by atoms with Gasteiger partial charge in [0, 0.05) is 0 Å². The number of fused-ring (bicyclic) bond motifs is 1. The highest BCUT2D eigenvalue weighted by Gasteiger charge is 2.17. The van der Waals surface area contributed by atoms with Crippen LogP contribution < -0.4 is 4.74 Å². The fourth-order valence-corrected chi connectivity index (χ4v) is 2.91. The summed E-state index contributed by atoms with van der Waals surface area (Å²) in [6.45, 7) is 2.14. The van der Waals surface area contributed by atoms with Gasteiger partial charge in [-0.2, -0.15) is 8.42 Å². The zero-order valence-electron chi connectivity index (χ0n) is 15.2. The van der Waals surface area contributed by atoms with E-state index >= 15 is 0 Å². The van der Waals surface area contributed by atoms with Crippen molar-refractivity contribution in [3.8, 4) is 5.75 Å². The van der Waals surface area contributed by atoms with Gasteiger partial charge in [0.15, 0.2) is 0 Å². The molecule has 6 nitrogen and oxygen atoms in total. The Kier molecular flexibility index (Phi) is 6.99. The molecule has 142 valence electrons. The molecule has 1 atom stereocenters. The number of esters is 1. The summed E-state index contributed by atoms with van der Waals surface area (Å²) in [6.07, 6.45) is 2.06. The Bertz CT molecular complexity index is 859. The van der Waals surface area contributed by atoms with Crippen molar-refractivity contribution < 1.29 is 26.9 Å². The van der Waals surface area contributed by atoms with Gasteiger partial charge in [-0.3, -0.25) is 8.98 Å². The topological polar surface area (TPSA) is 78.9 Å². The van der Waals surface area contributed by atoms with Crippen LogP contribution in [0.4, 0.5) is 0 Å². The van der Waals surface area contributed by atoms with Gasteiger partial charge in [0.05, 0.1) is 32.5 Å². The van der Waals surface area contributed by atoms with Crippen LogP contribution in [0.25, 0.3) is 10.8 Å². The van der Waals surface area contributed by atoms with Crippen molar-refractivity contribution in [3.63, 3.8) is 0 Å². The average Bonchev–Trinajstić information content (AvgIpc) is 2.61. The second kappa shape index (κ2) is 9.00. The lowest BCUT2D eigenvalue weighted by Crippen LogP contribution is -2.14. The Balaban J connectivity index is 1.86. The molecule has 0 amide bonds. The number of hydrogen-bond acceptors (Lipinski definition) is 6. The van der Waals surface area contributed by atoms with E-state index in [1.165, 1.54) is 0 Å². The number of rotatable bonds is 9. The second-order valence-corrected chi connectivity index (χ2v) is 7.74. The predicted molar refractivity (Wildman–Crippen MR) is 99.9 cm³/mol. The maximum atomic E-state index is 12.2. The van der Waals surface area contributed by atoms with E-state index in [1.54, 1.807) is 14.0 Å². The number of ether oxygens (including phenoxy) is 2. The molecular formula is C19H24O6S. The lowest BCUT2D eigenvalue weighted by atomic mass is 9.98. The van der Waals surface area contributed by atoms with E-state index in [2.05, 4.69) is 4.18 Å². The minimum Gasteiger partial charge on any atom is -0.497 e. The molecule has 2 aromatic rings. The molecule has 0 bridgehead atoms. The van der Waals surface area contributed by atoms with E-state index in [4.69, 9.17) is 9.47 Å². The van der Waals surface area contributed by atoms with Crippen molar-refractivity contribution >= 4 is 26.9 Å². The molecule has 0 aliphatic heterocycles. The summed E-state index contributed by atoms with van der Waals surface area (Å²) in [7, 11) is -1.79. The van der Waals surface area contributed by atoms with E-state index in [0.717, 1.165) is 28.3 Å². The molecule has 0 fully saturated rings. The number of carbonyl (C=O) groups is 1. The van der Waals surface area contributed by atoms with Crippen LogP contribution in [0.3, 0.4) is 0 Å². The third-order valence-corrected chi connectivity index (χ3v) is 4.60. The van der Waals surface area contributed by atoms with Gasteiger partial charge in [-0.1, -0.05) is 24.3 Å². The summed E-state index contributed by atoms with van der Waals surface area (Å²) in [6, 6.07) is 11.6. The first-order valence-electron chi connectivity index (χ1n) is 8.39. The maximum Gasteiger partial charge on any atom is 0.313 e. The Morgan fingerprint density at radius 3 is 2.38 bits per heavy atom. The van der Waals surface area contributed by atoms with Crippen LogP contribution in [-0.2, 0) is 23.8 Å². The van der Waals surface area contributed by atoms with Crippen LogP contribution in [0.5, 0.6) is 5.75 Å². The van der Waals surface area contributed by atoms with E-state index in [0.29, 0.717) is 12.8 Å². The second-order valence-electron chi connectivity index (χ2n) is 6.09. The van der Waals surface area contributed by atoms with E-state index < -0.39 is 10.1 Å². The van der Waals surface area contributed by atoms with Crippen LogP contribution in [0.1, 0.15) is 31.2 Å². The molecule has 2 aromatic carbocycles. The molecule has 2 rings (SSSR count). The number of benzene rings is 2. The van der Waals surface area contributed by atoms with E-state index in [-0.39, 0.29) is 25.1 Å². The van der Waals surface area contributed by atoms with Crippen LogP contribution >= 0.6 is 0 Å². The Labute approximate surface area is 154 Å². The molecule has 0 saturated carbocycles. The lowest BCUT2D eigenvalue weighted by molar-refractivity contribution is -0.145. The average molecular weight is 380 g/mol. The number of unbranched alkanes of at least 4 members (excludes halogenated alkanes) is 1. The monoisotopic (exact) mass is 380 g/mol. The fraction of sp³-hybridized carbons (Fsp3) is 0.421. The van der Waals surface area contributed by atoms with Crippen molar-refractivity contribution in [3.05, 3.63) is 42.0 Å². The quantitative estimate of drug-likeness (QED) is 0.377. The Morgan fingerprint density at radius 1 is 1.04 bits per heavy atom. The molecule has 0 aromatic heterocycles. The summed E-state index contributed by atoms with van der Waals surface area (Å²) < 4.78 is 36.8. The van der Waals surface area contributed by atoms with Gasteiger partial charge in [-0.25, -0.2) is 0 Å². The first-order valence-corrected chi connectivity index (χ1v) is 10.2. The molecule has 0 aliphatic rings. The highest BCUT2D eigenvalue weighted by molar-refractivity contribution is 7.85. The highest BCUT2D eigenvalue weighted by Crippen LogP contribution is 2.25. The smallest absolute Gasteiger partial charge is 0.313 e. The maximum absolute atomic E-state index is 12.2. The first-order chi connectivity index (χ1) is 12.3. The van der Waals surface area contributed by atoms with Crippen LogP contribution in [0.2, 0.25) is 0 Å². The van der Waals surface area contributed by atoms with Gasteiger partial charge in [0.25, 0.3) is 10.1 Å². The third-order valence-electron chi connectivity index (χ3n) is 4.01. The summed E-state index contributed by atoms with van der Waals surface area (Å²) in [5, 5.41) is 2.07. The van der Waals surface area contributed by atoms with Crippen molar-refractivity contribution in [1.29, 1.82) is 0 Å². The molecule has 0 N–H and O–H groups in total. The molecular weight excluding hydrogens is 356 g/mol. The number of hydrogen-bond donors (Lipinski definition) is 0. The van der Waals surface area contributed by atoms with Crippen molar-refractivity contribution in [2.24, 2.45) is 0 Å². The first kappa shape index (κ1) is 20.2. The van der Waals surface area contributed by atoms with Gasteiger partial charge in [-0.15, -0.1) is 0 Å². The van der Waals surface area contributed by atoms with Gasteiger partial charge in [-0.05, 0) is 48.2 Å². The summed E-state index contributed by atoms with van der Waals surface area (Å²) in [5.41, 5.74) is 0.882.